The van der Waals surface area contributed by atoms with E-state index in [1.165, 1.54) is 0 Å². The maximum atomic E-state index is 12.3. The third-order valence-electron chi connectivity index (χ3n) is 4.73. The van der Waals surface area contributed by atoms with Gasteiger partial charge in [-0.2, -0.15) is 0 Å². The van der Waals surface area contributed by atoms with Gasteiger partial charge in [-0.1, -0.05) is 0 Å². The van der Waals surface area contributed by atoms with Crippen molar-refractivity contribution in [3.63, 3.8) is 0 Å². The Labute approximate surface area is 186 Å². The summed E-state index contributed by atoms with van der Waals surface area (Å²) in [6.07, 6.45) is 3.62. The fraction of sp³-hybridized carbons (Fsp3) is 0.652. The number of rotatable bonds is 13. The molecule has 1 aromatic carbocycles. The van der Waals surface area contributed by atoms with E-state index in [0.29, 0.717) is 45.3 Å². The first-order valence-corrected chi connectivity index (χ1v) is 11.2. The summed E-state index contributed by atoms with van der Waals surface area (Å²) in [6.45, 7) is 8.75. The van der Waals surface area contributed by atoms with Crippen LogP contribution in [0.3, 0.4) is 0 Å². The van der Waals surface area contributed by atoms with Gasteiger partial charge in [0, 0.05) is 52.0 Å². The van der Waals surface area contributed by atoms with Crippen molar-refractivity contribution < 1.29 is 19.0 Å². The monoisotopic (exact) mass is 434 g/mol. The smallest absolute Gasteiger partial charge is 0.224 e. The number of guanidine groups is 1. The van der Waals surface area contributed by atoms with Gasteiger partial charge in [-0.15, -0.1) is 0 Å². The molecule has 0 aromatic heterocycles. The van der Waals surface area contributed by atoms with Gasteiger partial charge in [-0.25, -0.2) is 0 Å². The number of aliphatic imine (C=N–C) groups is 1. The number of hydrogen-bond donors (Lipinski definition) is 2. The fourth-order valence-electron chi connectivity index (χ4n) is 3.18. The molecule has 31 heavy (non-hydrogen) atoms. The molecular weight excluding hydrogens is 396 g/mol. The second-order valence-electron chi connectivity index (χ2n) is 7.77. The number of anilines is 1. The van der Waals surface area contributed by atoms with Gasteiger partial charge in [0.05, 0.1) is 19.3 Å². The topological polar surface area (TPSA) is 84.4 Å². The molecule has 8 heteroatoms. The van der Waals surface area contributed by atoms with Gasteiger partial charge in [0.25, 0.3) is 0 Å². The number of benzene rings is 1. The van der Waals surface area contributed by atoms with Crippen LogP contribution in [0.2, 0.25) is 0 Å². The Balaban J connectivity index is 1.84. The highest BCUT2D eigenvalue weighted by molar-refractivity contribution is 5.94. The van der Waals surface area contributed by atoms with Crippen LogP contribution in [-0.4, -0.2) is 76.0 Å². The van der Waals surface area contributed by atoms with E-state index in [9.17, 15) is 4.79 Å². The zero-order valence-corrected chi connectivity index (χ0v) is 19.2. The predicted octanol–water partition coefficient (Wildman–Crippen LogP) is 2.90. The molecule has 0 bridgehead atoms. The van der Waals surface area contributed by atoms with E-state index in [0.717, 1.165) is 43.8 Å². The Morgan fingerprint density at radius 1 is 1.13 bits per heavy atom. The summed E-state index contributed by atoms with van der Waals surface area (Å²) >= 11 is 0. The van der Waals surface area contributed by atoms with Crippen molar-refractivity contribution in [2.75, 3.05) is 58.4 Å². The number of nitrogens with one attached hydrogen (secondary N) is 2. The molecule has 0 saturated carbocycles. The Hall–Kier alpha value is -2.32. The molecule has 2 N–H and O–H groups in total. The molecule has 1 aromatic rings. The van der Waals surface area contributed by atoms with Crippen LogP contribution in [0.15, 0.2) is 29.3 Å². The molecule has 1 amide bonds. The summed E-state index contributed by atoms with van der Waals surface area (Å²) in [5, 5.41) is 6.59. The number of nitrogens with zero attached hydrogens (tertiary/aromatic N) is 2. The molecule has 1 aliphatic rings. The Kier molecular flexibility index (Phi) is 11.8. The average Bonchev–Trinajstić information content (AvgIpc) is 3.29. The van der Waals surface area contributed by atoms with E-state index < -0.39 is 0 Å². The average molecular weight is 435 g/mol. The summed E-state index contributed by atoms with van der Waals surface area (Å²) in [5.74, 6) is 1.69. The van der Waals surface area contributed by atoms with E-state index in [-0.39, 0.29) is 12.0 Å². The molecule has 0 aliphatic carbocycles. The van der Waals surface area contributed by atoms with Crippen molar-refractivity contribution in [1.29, 1.82) is 0 Å². The summed E-state index contributed by atoms with van der Waals surface area (Å²) in [7, 11) is 1.66. The Morgan fingerprint density at radius 3 is 2.55 bits per heavy atom. The minimum absolute atomic E-state index is 0.136. The minimum atomic E-state index is 0.136. The van der Waals surface area contributed by atoms with E-state index in [4.69, 9.17) is 14.2 Å². The number of carbonyl (C=O) groups is 1. The summed E-state index contributed by atoms with van der Waals surface area (Å²) in [6, 6.07) is 7.78. The molecule has 1 saturated heterocycles. The molecule has 0 atom stereocenters. The first kappa shape index (κ1) is 24.9. The van der Waals surface area contributed by atoms with Gasteiger partial charge >= 0.3 is 0 Å². The molecule has 2 rings (SSSR count). The molecule has 1 aliphatic heterocycles. The quantitative estimate of drug-likeness (QED) is 0.282. The lowest BCUT2D eigenvalue weighted by Gasteiger charge is -2.17. The number of methoxy groups -OCH3 is 1. The molecule has 174 valence electrons. The minimum Gasteiger partial charge on any atom is -0.491 e. The van der Waals surface area contributed by atoms with Gasteiger partial charge in [-0.3, -0.25) is 9.79 Å². The number of carbonyl (C=O) groups excluding carboxylic acids is 1. The molecule has 0 unspecified atom stereocenters. The maximum Gasteiger partial charge on any atom is 0.224 e. The van der Waals surface area contributed by atoms with Gasteiger partial charge in [0.2, 0.25) is 5.91 Å². The van der Waals surface area contributed by atoms with Crippen LogP contribution in [0.4, 0.5) is 5.69 Å². The Morgan fingerprint density at radius 2 is 1.87 bits per heavy atom. The molecule has 1 fully saturated rings. The van der Waals surface area contributed by atoms with Crippen molar-refractivity contribution in [3.8, 4) is 5.75 Å². The SMILES string of the molecule is COCCOCCCN=C(NCCC(=O)N1CCCC1)Nc1ccc(OC(C)C)cc1. The van der Waals surface area contributed by atoms with Crippen LogP contribution in [0, 0.1) is 0 Å². The van der Waals surface area contributed by atoms with Crippen molar-refractivity contribution in [2.45, 2.75) is 45.6 Å². The Bertz CT molecular complexity index is 658. The molecule has 8 nitrogen and oxygen atoms in total. The normalized spacial score (nSPS) is 14.2. The standard InChI is InChI=1S/C23H38N4O4/c1-19(2)31-21-9-7-20(8-10-21)26-23(24-12-6-16-30-18-17-29-3)25-13-11-22(28)27-14-4-5-15-27/h7-10,19H,4-6,11-18H2,1-3H3,(H2,24,25,26). The van der Waals surface area contributed by atoms with Gasteiger partial charge in [0.1, 0.15) is 5.75 Å². The number of amides is 1. The molecule has 0 radical (unpaired) electrons. The van der Waals surface area contributed by atoms with Crippen LogP contribution in [-0.2, 0) is 14.3 Å². The lowest BCUT2D eigenvalue weighted by atomic mass is 10.3. The highest BCUT2D eigenvalue weighted by atomic mass is 16.5. The summed E-state index contributed by atoms with van der Waals surface area (Å²) < 4.78 is 16.2. The summed E-state index contributed by atoms with van der Waals surface area (Å²) in [5.41, 5.74) is 0.907. The van der Waals surface area contributed by atoms with Crippen molar-refractivity contribution >= 4 is 17.6 Å². The van der Waals surface area contributed by atoms with Crippen LogP contribution in [0.5, 0.6) is 5.75 Å². The van der Waals surface area contributed by atoms with Gasteiger partial charge in [-0.05, 0) is 57.4 Å². The van der Waals surface area contributed by atoms with Gasteiger partial charge < -0.3 is 29.7 Å². The molecule has 1 heterocycles. The number of ether oxygens (including phenoxy) is 3. The van der Waals surface area contributed by atoms with Crippen molar-refractivity contribution in [1.82, 2.24) is 10.2 Å². The first-order chi connectivity index (χ1) is 15.1. The van der Waals surface area contributed by atoms with Crippen LogP contribution in [0.25, 0.3) is 0 Å². The maximum absolute atomic E-state index is 12.3. The summed E-state index contributed by atoms with van der Waals surface area (Å²) in [4.78, 5) is 18.9. The predicted molar refractivity (Wildman–Crippen MR) is 124 cm³/mol. The lowest BCUT2D eigenvalue weighted by Crippen LogP contribution is -2.35. The van der Waals surface area contributed by atoms with Crippen LogP contribution in [0.1, 0.15) is 39.5 Å². The zero-order chi connectivity index (χ0) is 22.3. The van der Waals surface area contributed by atoms with Gasteiger partial charge in [0.15, 0.2) is 5.96 Å². The highest BCUT2D eigenvalue weighted by Gasteiger charge is 2.17. The largest absolute Gasteiger partial charge is 0.491 e. The second kappa shape index (κ2) is 14.6. The third-order valence-corrected chi connectivity index (χ3v) is 4.73. The first-order valence-electron chi connectivity index (χ1n) is 11.2. The second-order valence-corrected chi connectivity index (χ2v) is 7.77. The highest BCUT2D eigenvalue weighted by Crippen LogP contribution is 2.17. The van der Waals surface area contributed by atoms with E-state index in [1.54, 1.807) is 7.11 Å². The van der Waals surface area contributed by atoms with Crippen LogP contribution < -0.4 is 15.4 Å². The third kappa shape index (κ3) is 10.5. The lowest BCUT2D eigenvalue weighted by molar-refractivity contribution is -0.129. The van der Waals surface area contributed by atoms with E-state index in [1.807, 2.05) is 43.0 Å². The van der Waals surface area contributed by atoms with E-state index in [2.05, 4.69) is 15.6 Å². The number of likely N-dealkylation sites (tertiary alicyclic amines) is 1. The van der Waals surface area contributed by atoms with E-state index >= 15 is 0 Å². The molecular formula is C23H38N4O4. The molecule has 0 spiro atoms. The fourth-order valence-corrected chi connectivity index (χ4v) is 3.18. The van der Waals surface area contributed by atoms with Crippen molar-refractivity contribution in [3.05, 3.63) is 24.3 Å². The van der Waals surface area contributed by atoms with Crippen LogP contribution >= 0.6 is 0 Å². The number of hydrogen-bond acceptors (Lipinski definition) is 5. The zero-order valence-electron chi connectivity index (χ0n) is 19.2. The van der Waals surface area contributed by atoms with Crippen molar-refractivity contribution in [2.24, 2.45) is 4.99 Å².